The van der Waals surface area contributed by atoms with Gasteiger partial charge in [-0.15, -0.1) is 0 Å². The zero-order valence-electron chi connectivity index (χ0n) is 20.0. The van der Waals surface area contributed by atoms with Gasteiger partial charge in [-0.3, -0.25) is 4.98 Å². The predicted octanol–water partition coefficient (Wildman–Crippen LogP) is 7.52. The Bertz CT molecular complexity index is 1470. The number of alkyl halides is 3. The number of aromatic nitrogens is 2. The number of benzene rings is 3. The summed E-state index contributed by atoms with van der Waals surface area (Å²) < 4.78 is 51.6. The number of aryl methyl sites for hydroxylation is 2. The Labute approximate surface area is 212 Å². The standard InChI is InChI=1S/C30H25F3N2O2/c31-30(32,33)25-13-24(16-34-17-25)12-11-23-14-26-29(27(15-23)36-19-21-7-3-1-4-8-21)28(18-35-26)37-20-22-9-5-2-6-10-22/h1-10,13-18,35H,11-12,19-20H2. The van der Waals surface area contributed by atoms with Crippen LogP contribution in [0.1, 0.15) is 27.8 Å². The lowest BCUT2D eigenvalue weighted by Crippen LogP contribution is -2.06. The molecule has 7 heteroatoms. The fourth-order valence-corrected chi connectivity index (χ4v) is 4.17. The molecular weight excluding hydrogens is 477 g/mol. The SMILES string of the molecule is FC(F)(F)c1cncc(CCc2cc(OCc3ccccc3)c3c(OCc4ccccc4)c[nH]c3c2)c1. The summed E-state index contributed by atoms with van der Waals surface area (Å²) in [6, 6.07) is 24.8. The van der Waals surface area contributed by atoms with Crippen LogP contribution in [0.4, 0.5) is 13.2 Å². The molecule has 0 amide bonds. The molecule has 0 aliphatic heterocycles. The molecule has 0 bridgehead atoms. The molecule has 37 heavy (non-hydrogen) atoms. The molecular formula is C30H25F3N2O2. The average Bonchev–Trinajstić information content (AvgIpc) is 3.33. The Kier molecular flexibility index (Phi) is 7.12. The first-order valence-electron chi connectivity index (χ1n) is 11.9. The number of nitrogens with one attached hydrogen (secondary N) is 1. The second-order valence-electron chi connectivity index (χ2n) is 8.80. The Balaban J connectivity index is 1.40. The quantitative estimate of drug-likeness (QED) is 0.227. The third-order valence-corrected chi connectivity index (χ3v) is 6.07. The van der Waals surface area contributed by atoms with E-state index in [4.69, 9.17) is 9.47 Å². The summed E-state index contributed by atoms with van der Waals surface area (Å²) in [5, 5.41) is 0.830. The van der Waals surface area contributed by atoms with E-state index in [0.717, 1.165) is 39.9 Å². The van der Waals surface area contributed by atoms with Crippen molar-refractivity contribution in [2.24, 2.45) is 0 Å². The van der Waals surface area contributed by atoms with E-state index in [-0.39, 0.29) is 0 Å². The molecule has 4 nitrogen and oxygen atoms in total. The minimum Gasteiger partial charge on any atom is -0.488 e. The number of fused-ring (bicyclic) bond motifs is 1. The highest BCUT2D eigenvalue weighted by Crippen LogP contribution is 2.37. The molecule has 0 spiro atoms. The van der Waals surface area contributed by atoms with Crippen LogP contribution in [-0.4, -0.2) is 9.97 Å². The maximum atomic E-state index is 13.1. The number of pyridine rings is 1. The molecule has 5 rings (SSSR count). The van der Waals surface area contributed by atoms with Crippen molar-refractivity contribution in [3.05, 3.63) is 125 Å². The minimum atomic E-state index is -4.42. The fraction of sp³-hybridized carbons (Fsp3) is 0.167. The molecule has 0 atom stereocenters. The van der Waals surface area contributed by atoms with Gasteiger partial charge < -0.3 is 14.5 Å². The van der Waals surface area contributed by atoms with Gasteiger partial charge in [0.1, 0.15) is 24.7 Å². The van der Waals surface area contributed by atoms with E-state index in [9.17, 15) is 13.2 Å². The van der Waals surface area contributed by atoms with Crippen LogP contribution in [0.5, 0.6) is 11.5 Å². The summed E-state index contributed by atoms with van der Waals surface area (Å²) in [6.07, 6.45) is 0.661. The number of nitrogens with zero attached hydrogens (tertiary/aromatic N) is 1. The first kappa shape index (κ1) is 24.4. The van der Waals surface area contributed by atoms with Crippen LogP contribution in [0.15, 0.2) is 97.5 Å². The van der Waals surface area contributed by atoms with Crippen LogP contribution >= 0.6 is 0 Å². The maximum absolute atomic E-state index is 13.1. The summed E-state index contributed by atoms with van der Waals surface area (Å²) in [4.78, 5) is 7.04. The smallest absolute Gasteiger partial charge is 0.417 e. The zero-order chi connectivity index (χ0) is 25.7. The third kappa shape index (κ3) is 6.12. The molecule has 0 aliphatic rings. The maximum Gasteiger partial charge on any atom is 0.417 e. The number of rotatable bonds is 9. The number of halogens is 3. The van der Waals surface area contributed by atoms with Gasteiger partial charge >= 0.3 is 6.18 Å². The van der Waals surface area contributed by atoms with E-state index in [0.29, 0.717) is 43.1 Å². The molecule has 0 saturated heterocycles. The molecule has 1 N–H and O–H groups in total. The van der Waals surface area contributed by atoms with Gasteiger partial charge in [-0.2, -0.15) is 13.2 Å². The molecule has 0 fully saturated rings. The Morgan fingerprint density at radius 3 is 1.95 bits per heavy atom. The first-order valence-corrected chi connectivity index (χ1v) is 11.9. The summed E-state index contributed by atoms with van der Waals surface area (Å²) in [6.45, 7) is 0.788. The van der Waals surface area contributed by atoms with E-state index < -0.39 is 11.7 Å². The number of H-pyrrole nitrogens is 1. The van der Waals surface area contributed by atoms with Crippen LogP contribution < -0.4 is 9.47 Å². The van der Waals surface area contributed by atoms with Gasteiger partial charge in [0.2, 0.25) is 0 Å². The zero-order valence-corrected chi connectivity index (χ0v) is 20.0. The van der Waals surface area contributed by atoms with Crippen molar-refractivity contribution in [2.75, 3.05) is 0 Å². The molecule has 2 aromatic heterocycles. The molecule has 3 aromatic carbocycles. The van der Waals surface area contributed by atoms with Crippen molar-refractivity contribution in [2.45, 2.75) is 32.2 Å². The average molecular weight is 503 g/mol. The summed E-state index contributed by atoms with van der Waals surface area (Å²) in [5.74, 6) is 1.33. The molecule has 0 unspecified atom stereocenters. The first-order chi connectivity index (χ1) is 18.0. The molecule has 0 saturated carbocycles. The van der Waals surface area contributed by atoms with Gasteiger partial charge in [-0.05, 0) is 53.3 Å². The van der Waals surface area contributed by atoms with Crippen LogP contribution in [-0.2, 0) is 32.2 Å². The van der Waals surface area contributed by atoms with Crippen LogP contribution in [0.2, 0.25) is 0 Å². The molecule has 5 aromatic rings. The number of hydrogen-bond acceptors (Lipinski definition) is 3. The van der Waals surface area contributed by atoms with Crippen LogP contribution in [0.3, 0.4) is 0 Å². The van der Waals surface area contributed by atoms with Crippen molar-refractivity contribution in [1.29, 1.82) is 0 Å². The van der Waals surface area contributed by atoms with Gasteiger partial charge in [0.05, 0.1) is 16.5 Å². The van der Waals surface area contributed by atoms with Gasteiger partial charge in [-0.1, -0.05) is 60.7 Å². The van der Waals surface area contributed by atoms with E-state index in [1.165, 1.54) is 6.20 Å². The lowest BCUT2D eigenvalue weighted by atomic mass is 10.0. The highest BCUT2D eigenvalue weighted by Gasteiger charge is 2.31. The van der Waals surface area contributed by atoms with Gasteiger partial charge in [0.15, 0.2) is 0 Å². The van der Waals surface area contributed by atoms with Gasteiger partial charge in [0, 0.05) is 18.6 Å². The van der Waals surface area contributed by atoms with E-state index >= 15 is 0 Å². The van der Waals surface area contributed by atoms with Crippen molar-refractivity contribution >= 4 is 10.9 Å². The lowest BCUT2D eigenvalue weighted by Gasteiger charge is -2.13. The van der Waals surface area contributed by atoms with Gasteiger partial charge in [0.25, 0.3) is 0 Å². The summed E-state index contributed by atoms with van der Waals surface area (Å²) >= 11 is 0. The highest BCUT2D eigenvalue weighted by atomic mass is 19.4. The second-order valence-corrected chi connectivity index (χ2v) is 8.80. The summed E-state index contributed by atoms with van der Waals surface area (Å²) in [5.41, 5.74) is 3.64. The van der Waals surface area contributed by atoms with E-state index in [1.807, 2.05) is 79.0 Å². The highest BCUT2D eigenvalue weighted by molar-refractivity contribution is 5.92. The third-order valence-electron chi connectivity index (χ3n) is 6.07. The molecule has 188 valence electrons. The van der Waals surface area contributed by atoms with Crippen LogP contribution in [0, 0.1) is 0 Å². The molecule has 0 aliphatic carbocycles. The summed E-state index contributed by atoms with van der Waals surface area (Å²) in [7, 11) is 0. The molecule has 2 heterocycles. The van der Waals surface area contributed by atoms with Crippen molar-refractivity contribution in [1.82, 2.24) is 9.97 Å². The van der Waals surface area contributed by atoms with Crippen molar-refractivity contribution < 1.29 is 22.6 Å². The minimum absolute atomic E-state index is 0.375. The fourth-order valence-electron chi connectivity index (χ4n) is 4.17. The number of hydrogen-bond donors (Lipinski definition) is 1. The topological polar surface area (TPSA) is 47.1 Å². The molecule has 0 radical (unpaired) electrons. The van der Waals surface area contributed by atoms with Crippen molar-refractivity contribution in [3.8, 4) is 11.5 Å². The van der Waals surface area contributed by atoms with E-state index in [1.54, 1.807) is 0 Å². The Hall–Kier alpha value is -4.26. The van der Waals surface area contributed by atoms with Crippen LogP contribution in [0.25, 0.3) is 10.9 Å². The van der Waals surface area contributed by atoms with Gasteiger partial charge in [-0.25, -0.2) is 0 Å². The normalized spacial score (nSPS) is 11.5. The lowest BCUT2D eigenvalue weighted by molar-refractivity contribution is -0.137. The Morgan fingerprint density at radius 1 is 0.676 bits per heavy atom. The number of aromatic amines is 1. The number of ether oxygens (including phenoxy) is 2. The largest absolute Gasteiger partial charge is 0.488 e. The van der Waals surface area contributed by atoms with Crippen molar-refractivity contribution in [3.63, 3.8) is 0 Å². The predicted molar refractivity (Wildman–Crippen MR) is 136 cm³/mol. The Morgan fingerprint density at radius 2 is 1.30 bits per heavy atom. The monoisotopic (exact) mass is 502 g/mol. The second kappa shape index (κ2) is 10.8. The van der Waals surface area contributed by atoms with E-state index in [2.05, 4.69) is 9.97 Å².